The number of nitrogens with zero attached hydrogens (tertiary/aromatic N) is 1. The van der Waals surface area contributed by atoms with Gasteiger partial charge in [-0.05, 0) is 50.0 Å². The molecule has 2 rings (SSSR count). The smallest absolute Gasteiger partial charge is 0.108 e. The van der Waals surface area contributed by atoms with E-state index in [1.54, 1.807) is 12.4 Å². The Morgan fingerprint density at radius 2 is 2.07 bits per heavy atom. The Hall–Kier alpha value is -1.15. The molecule has 2 heteroatoms. The van der Waals surface area contributed by atoms with Crippen LogP contribution in [-0.2, 0) is 5.60 Å². The summed E-state index contributed by atoms with van der Waals surface area (Å²) in [6.45, 7) is 2.07. The molecule has 14 heavy (non-hydrogen) atoms. The van der Waals surface area contributed by atoms with Gasteiger partial charge in [0.1, 0.15) is 5.60 Å². The lowest BCUT2D eigenvalue weighted by atomic mass is 9.82. The van der Waals surface area contributed by atoms with E-state index in [9.17, 15) is 5.11 Å². The first-order valence-corrected chi connectivity index (χ1v) is 5.02. The minimum absolute atomic E-state index is 0.759. The number of hydrogen-bond acceptors (Lipinski definition) is 2. The van der Waals surface area contributed by atoms with Crippen molar-refractivity contribution in [2.24, 2.45) is 0 Å². The van der Waals surface area contributed by atoms with Gasteiger partial charge in [-0.25, -0.2) is 0 Å². The van der Waals surface area contributed by atoms with E-state index >= 15 is 0 Å². The first-order chi connectivity index (χ1) is 6.71. The largest absolute Gasteiger partial charge is 0.381 e. The van der Waals surface area contributed by atoms with Gasteiger partial charge in [0.25, 0.3) is 0 Å². The molecule has 0 saturated carbocycles. The third-order valence-corrected chi connectivity index (χ3v) is 2.79. The van der Waals surface area contributed by atoms with Gasteiger partial charge in [-0.15, -0.1) is 0 Å². The van der Waals surface area contributed by atoms with Gasteiger partial charge in [0, 0.05) is 12.4 Å². The van der Waals surface area contributed by atoms with E-state index in [0.717, 1.165) is 24.8 Å². The van der Waals surface area contributed by atoms with Gasteiger partial charge in [0.15, 0.2) is 0 Å². The number of rotatable bonds is 1. The van der Waals surface area contributed by atoms with Gasteiger partial charge in [0.2, 0.25) is 0 Å². The lowest BCUT2D eigenvalue weighted by molar-refractivity contribution is 0.0708. The van der Waals surface area contributed by atoms with Crippen LogP contribution in [0.5, 0.6) is 0 Å². The van der Waals surface area contributed by atoms with Crippen LogP contribution in [0, 0.1) is 0 Å². The Kier molecular flexibility index (Phi) is 2.38. The van der Waals surface area contributed by atoms with Crippen molar-refractivity contribution in [3.8, 4) is 0 Å². The van der Waals surface area contributed by atoms with Crippen LogP contribution in [-0.4, -0.2) is 10.1 Å². The van der Waals surface area contributed by atoms with Crippen LogP contribution < -0.4 is 0 Å². The molecule has 74 valence electrons. The van der Waals surface area contributed by atoms with Crippen molar-refractivity contribution in [1.29, 1.82) is 0 Å². The van der Waals surface area contributed by atoms with Crippen molar-refractivity contribution in [2.45, 2.75) is 31.8 Å². The van der Waals surface area contributed by atoms with E-state index in [1.165, 1.54) is 5.57 Å². The van der Waals surface area contributed by atoms with Crippen molar-refractivity contribution >= 4 is 0 Å². The van der Waals surface area contributed by atoms with Crippen molar-refractivity contribution in [1.82, 2.24) is 4.98 Å². The van der Waals surface area contributed by atoms with E-state index in [2.05, 4.69) is 11.9 Å². The second kappa shape index (κ2) is 3.54. The van der Waals surface area contributed by atoms with Gasteiger partial charge in [-0.3, -0.25) is 4.98 Å². The first kappa shape index (κ1) is 9.41. The topological polar surface area (TPSA) is 33.1 Å². The molecule has 0 spiro atoms. The number of allylic oxidation sites excluding steroid dienone is 1. The Morgan fingerprint density at radius 3 is 2.71 bits per heavy atom. The highest BCUT2D eigenvalue weighted by Crippen LogP contribution is 2.34. The summed E-state index contributed by atoms with van der Waals surface area (Å²) in [5, 5.41) is 10.4. The van der Waals surface area contributed by atoms with Crippen molar-refractivity contribution in [2.75, 3.05) is 0 Å². The molecule has 0 saturated heterocycles. The van der Waals surface area contributed by atoms with E-state index in [0.29, 0.717) is 0 Å². The van der Waals surface area contributed by atoms with Crippen LogP contribution >= 0.6 is 0 Å². The van der Waals surface area contributed by atoms with E-state index < -0.39 is 5.60 Å². The average Bonchev–Trinajstić information content (AvgIpc) is 2.19. The molecular weight excluding hydrogens is 174 g/mol. The van der Waals surface area contributed by atoms with Gasteiger partial charge >= 0.3 is 0 Å². The van der Waals surface area contributed by atoms with Crippen molar-refractivity contribution in [3.63, 3.8) is 0 Å². The third-order valence-electron chi connectivity index (χ3n) is 2.79. The highest BCUT2D eigenvalue weighted by atomic mass is 16.3. The summed E-state index contributed by atoms with van der Waals surface area (Å²) < 4.78 is 0. The molecule has 0 radical (unpaired) electrons. The molecule has 0 fully saturated rings. The van der Waals surface area contributed by atoms with E-state index in [-0.39, 0.29) is 0 Å². The quantitative estimate of drug-likeness (QED) is 0.688. The molecule has 1 aliphatic rings. The highest BCUT2D eigenvalue weighted by Gasteiger charge is 2.28. The maximum Gasteiger partial charge on any atom is 0.108 e. The normalized spacial score (nSPS) is 27.1. The maximum atomic E-state index is 10.4. The zero-order valence-electron chi connectivity index (χ0n) is 8.40. The summed E-state index contributed by atoms with van der Waals surface area (Å²) in [5.41, 5.74) is 1.47. The Balaban J connectivity index is 2.37. The molecule has 1 atom stereocenters. The molecule has 1 aromatic heterocycles. The zero-order chi connectivity index (χ0) is 10.0. The highest BCUT2D eigenvalue weighted by molar-refractivity contribution is 5.28. The molecule has 1 N–H and O–H groups in total. The minimum Gasteiger partial charge on any atom is -0.381 e. The molecule has 0 amide bonds. The Bertz CT molecular complexity index is 345. The summed E-state index contributed by atoms with van der Waals surface area (Å²) in [6, 6.07) is 3.77. The molecule has 0 bridgehead atoms. The Labute approximate surface area is 84.3 Å². The number of pyridine rings is 1. The number of aliphatic hydroxyl groups is 1. The van der Waals surface area contributed by atoms with Crippen molar-refractivity contribution < 1.29 is 5.11 Å². The molecule has 0 aromatic carbocycles. The predicted molar refractivity (Wildman–Crippen MR) is 55.7 cm³/mol. The lowest BCUT2D eigenvalue weighted by Crippen LogP contribution is -2.25. The summed E-state index contributed by atoms with van der Waals surface area (Å²) in [5.74, 6) is 0. The van der Waals surface area contributed by atoms with Crippen LogP contribution in [0.15, 0.2) is 36.2 Å². The van der Waals surface area contributed by atoms with Gasteiger partial charge in [-0.1, -0.05) is 5.57 Å². The summed E-state index contributed by atoms with van der Waals surface area (Å²) >= 11 is 0. The maximum absolute atomic E-state index is 10.4. The molecule has 1 aromatic rings. The molecule has 1 heterocycles. The number of hydrogen-bond donors (Lipinski definition) is 1. The summed E-state index contributed by atoms with van der Waals surface area (Å²) in [7, 11) is 0. The minimum atomic E-state index is -0.759. The van der Waals surface area contributed by atoms with Crippen LogP contribution in [0.25, 0.3) is 0 Å². The average molecular weight is 189 g/mol. The fraction of sp³-hybridized carbons (Fsp3) is 0.417. The lowest BCUT2D eigenvalue weighted by Gasteiger charge is -2.29. The molecule has 2 nitrogen and oxygen atoms in total. The van der Waals surface area contributed by atoms with E-state index in [4.69, 9.17) is 0 Å². The van der Waals surface area contributed by atoms with Crippen LogP contribution in [0.4, 0.5) is 0 Å². The van der Waals surface area contributed by atoms with Gasteiger partial charge in [0.05, 0.1) is 0 Å². The molecule has 0 aliphatic heterocycles. The van der Waals surface area contributed by atoms with Crippen LogP contribution in [0.1, 0.15) is 31.7 Å². The van der Waals surface area contributed by atoms with Crippen LogP contribution in [0.2, 0.25) is 0 Å². The molecule has 1 aliphatic carbocycles. The summed E-state index contributed by atoms with van der Waals surface area (Å²) in [6.07, 6.45) is 8.41. The molecule has 1 unspecified atom stereocenters. The fourth-order valence-corrected chi connectivity index (χ4v) is 2.06. The predicted octanol–water partition coefficient (Wildman–Crippen LogP) is 2.40. The number of aromatic nitrogens is 1. The Morgan fingerprint density at radius 1 is 1.36 bits per heavy atom. The first-order valence-electron chi connectivity index (χ1n) is 5.02. The van der Waals surface area contributed by atoms with E-state index in [1.807, 2.05) is 18.2 Å². The second-order valence-electron chi connectivity index (χ2n) is 4.00. The van der Waals surface area contributed by atoms with Crippen molar-refractivity contribution in [3.05, 3.63) is 41.7 Å². The summed E-state index contributed by atoms with van der Waals surface area (Å²) in [4.78, 5) is 3.96. The standard InChI is InChI=1S/C12H15NO/c1-10-3-2-6-12(14,9-10)11-4-7-13-8-5-11/h4-5,7-9,14H,2-3,6H2,1H3. The van der Waals surface area contributed by atoms with Gasteiger partial charge < -0.3 is 5.11 Å². The zero-order valence-corrected chi connectivity index (χ0v) is 8.40. The second-order valence-corrected chi connectivity index (χ2v) is 4.00. The fourth-order valence-electron chi connectivity index (χ4n) is 2.06. The van der Waals surface area contributed by atoms with Gasteiger partial charge in [-0.2, -0.15) is 0 Å². The molecular formula is C12H15NO. The SMILES string of the molecule is CC1=CC(O)(c2ccncc2)CCC1. The monoisotopic (exact) mass is 189 g/mol. The third kappa shape index (κ3) is 1.70. The van der Waals surface area contributed by atoms with Crippen LogP contribution in [0.3, 0.4) is 0 Å².